The van der Waals surface area contributed by atoms with E-state index in [2.05, 4.69) is 0 Å². The molecular formula is C13H16N2O8. The van der Waals surface area contributed by atoms with Crippen molar-refractivity contribution in [2.45, 2.75) is 25.9 Å². The van der Waals surface area contributed by atoms with Gasteiger partial charge >= 0.3 is 11.7 Å². The van der Waals surface area contributed by atoms with Gasteiger partial charge in [-0.15, -0.1) is 0 Å². The lowest BCUT2D eigenvalue weighted by Gasteiger charge is -2.12. The van der Waals surface area contributed by atoms with Gasteiger partial charge in [0.05, 0.1) is 28.6 Å². The lowest BCUT2D eigenvalue weighted by molar-refractivity contribution is -0.394. The molecule has 126 valence electrons. The molecule has 1 aromatic rings. The van der Waals surface area contributed by atoms with Crippen LogP contribution in [0.15, 0.2) is 18.2 Å². The Labute approximate surface area is 130 Å². The van der Waals surface area contributed by atoms with E-state index < -0.39 is 33.3 Å². The van der Waals surface area contributed by atoms with Crippen LogP contribution in [0.1, 0.15) is 19.8 Å². The summed E-state index contributed by atoms with van der Waals surface area (Å²) in [6.07, 6.45) is -0.703. The van der Waals surface area contributed by atoms with Crippen molar-refractivity contribution in [1.82, 2.24) is 0 Å². The van der Waals surface area contributed by atoms with E-state index in [1.54, 1.807) is 6.92 Å². The van der Waals surface area contributed by atoms with Crippen LogP contribution in [0.2, 0.25) is 0 Å². The van der Waals surface area contributed by atoms with Gasteiger partial charge in [-0.25, -0.2) is 0 Å². The molecule has 10 nitrogen and oxygen atoms in total. The highest BCUT2D eigenvalue weighted by atomic mass is 16.6. The standard InChI is InChI=1S/C13H16N2O8/c1-2-13(17)23-8-10(16)5-6-22-12-4-3-9(14(18)19)7-11(12)15(20)21/h3-4,7,10,16H,2,5-6,8H2,1H3. The highest BCUT2D eigenvalue weighted by molar-refractivity contribution is 5.68. The fourth-order valence-corrected chi connectivity index (χ4v) is 1.56. The van der Waals surface area contributed by atoms with Crippen molar-refractivity contribution in [3.63, 3.8) is 0 Å². The second-order valence-electron chi connectivity index (χ2n) is 4.49. The molecule has 0 aliphatic heterocycles. The van der Waals surface area contributed by atoms with E-state index in [0.29, 0.717) is 0 Å². The van der Waals surface area contributed by atoms with Crippen molar-refractivity contribution >= 4 is 17.3 Å². The van der Waals surface area contributed by atoms with Crippen LogP contribution in [-0.4, -0.2) is 40.2 Å². The van der Waals surface area contributed by atoms with Crippen LogP contribution in [0, 0.1) is 20.2 Å². The third-order valence-corrected chi connectivity index (χ3v) is 2.78. The molecule has 0 saturated heterocycles. The molecule has 1 rings (SSSR count). The van der Waals surface area contributed by atoms with Gasteiger partial charge in [-0.2, -0.15) is 0 Å². The summed E-state index contributed by atoms with van der Waals surface area (Å²) >= 11 is 0. The van der Waals surface area contributed by atoms with E-state index in [1.165, 1.54) is 0 Å². The quantitative estimate of drug-likeness (QED) is 0.409. The number of rotatable bonds is 9. The van der Waals surface area contributed by atoms with Crippen molar-refractivity contribution in [2.75, 3.05) is 13.2 Å². The Balaban J connectivity index is 2.59. The van der Waals surface area contributed by atoms with E-state index in [0.717, 1.165) is 18.2 Å². The Bertz CT molecular complexity index is 589. The zero-order valence-corrected chi connectivity index (χ0v) is 12.3. The van der Waals surface area contributed by atoms with Gasteiger partial charge in [-0.1, -0.05) is 6.92 Å². The smallest absolute Gasteiger partial charge is 0.317 e. The number of nitro groups is 2. The fraction of sp³-hybridized carbons (Fsp3) is 0.462. The number of hydrogen-bond donors (Lipinski definition) is 1. The van der Waals surface area contributed by atoms with Gasteiger partial charge in [-0.3, -0.25) is 25.0 Å². The third kappa shape index (κ3) is 5.87. The number of benzene rings is 1. The molecule has 0 saturated carbocycles. The van der Waals surface area contributed by atoms with Crippen LogP contribution in [0.3, 0.4) is 0 Å². The number of aliphatic hydroxyl groups is 1. The summed E-state index contributed by atoms with van der Waals surface area (Å²) in [5.74, 6) is -0.589. The van der Waals surface area contributed by atoms with Crippen molar-refractivity contribution < 1.29 is 29.2 Å². The first-order valence-corrected chi connectivity index (χ1v) is 6.74. The maximum absolute atomic E-state index is 10.9. The predicted molar refractivity (Wildman–Crippen MR) is 77.1 cm³/mol. The van der Waals surface area contributed by atoms with Gasteiger partial charge in [0.25, 0.3) is 5.69 Å². The van der Waals surface area contributed by atoms with E-state index in [4.69, 9.17) is 9.47 Å². The summed E-state index contributed by atoms with van der Waals surface area (Å²) in [7, 11) is 0. The molecule has 10 heteroatoms. The van der Waals surface area contributed by atoms with E-state index in [9.17, 15) is 30.1 Å². The van der Waals surface area contributed by atoms with Crippen molar-refractivity contribution in [3.05, 3.63) is 38.4 Å². The topological polar surface area (TPSA) is 142 Å². The molecule has 0 aliphatic rings. The Morgan fingerprint density at radius 3 is 2.57 bits per heavy atom. The minimum Gasteiger partial charge on any atom is -0.487 e. The number of carbonyl (C=O) groups excluding carboxylic acids is 1. The molecule has 0 radical (unpaired) electrons. The van der Waals surface area contributed by atoms with Crippen LogP contribution in [0.4, 0.5) is 11.4 Å². The molecule has 0 spiro atoms. The molecule has 0 heterocycles. The molecule has 1 atom stereocenters. The zero-order valence-electron chi connectivity index (χ0n) is 12.3. The zero-order chi connectivity index (χ0) is 17.4. The summed E-state index contributed by atoms with van der Waals surface area (Å²) in [6, 6.07) is 3.01. The second-order valence-corrected chi connectivity index (χ2v) is 4.49. The molecule has 23 heavy (non-hydrogen) atoms. The monoisotopic (exact) mass is 328 g/mol. The number of hydrogen-bond acceptors (Lipinski definition) is 8. The Morgan fingerprint density at radius 2 is 2.00 bits per heavy atom. The van der Waals surface area contributed by atoms with Crippen molar-refractivity contribution in [2.24, 2.45) is 0 Å². The number of nitro benzene ring substituents is 2. The summed E-state index contributed by atoms with van der Waals surface area (Å²) in [5, 5.41) is 31.1. The molecule has 0 fully saturated rings. The van der Waals surface area contributed by atoms with Crippen LogP contribution in [-0.2, 0) is 9.53 Å². The molecule has 0 aromatic heterocycles. The highest BCUT2D eigenvalue weighted by Gasteiger charge is 2.20. The van der Waals surface area contributed by atoms with Crippen molar-refractivity contribution in [1.29, 1.82) is 0 Å². The average molecular weight is 328 g/mol. The Morgan fingerprint density at radius 1 is 1.30 bits per heavy atom. The first-order chi connectivity index (χ1) is 10.8. The van der Waals surface area contributed by atoms with Crippen LogP contribution < -0.4 is 4.74 Å². The number of non-ortho nitro benzene ring substituents is 1. The minimum absolute atomic E-state index is 0.0745. The number of esters is 1. The van der Waals surface area contributed by atoms with Gasteiger partial charge in [0.2, 0.25) is 0 Å². The molecule has 1 aromatic carbocycles. The molecule has 0 bridgehead atoms. The lowest BCUT2D eigenvalue weighted by Crippen LogP contribution is -2.20. The highest BCUT2D eigenvalue weighted by Crippen LogP contribution is 2.31. The molecule has 0 amide bonds. The molecule has 1 unspecified atom stereocenters. The number of aliphatic hydroxyl groups excluding tert-OH is 1. The second kappa shape index (κ2) is 8.63. The molecule has 1 N–H and O–H groups in total. The van der Waals surface area contributed by atoms with Crippen molar-refractivity contribution in [3.8, 4) is 5.75 Å². The van der Waals surface area contributed by atoms with E-state index in [1.807, 2.05) is 0 Å². The lowest BCUT2D eigenvalue weighted by atomic mass is 10.2. The first kappa shape index (κ1) is 18.3. The molecule has 0 aliphatic carbocycles. The predicted octanol–water partition coefficient (Wildman–Crippen LogP) is 1.59. The van der Waals surface area contributed by atoms with Crippen LogP contribution in [0.5, 0.6) is 5.75 Å². The summed E-state index contributed by atoms with van der Waals surface area (Å²) in [4.78, 5) is 30.9. The van der Waals surface area contributed by atoms with Gasteiger partial charge in [-0.05, 0) is 6.07 Å². The number of nitrogens with zero attached hydrogens (tertiary/aromatic N) is 2. The van der Waals surface area contributed by atoms with Gasteiger partial charge in [0.1, 0.15) is 6.61 Å². The van der Waals surface area contributed by atoms with Gasteiger partial charge < -0.3 is 14.6 Å². The van der Waals surface area contributed by atoms with E-state index >= 15 is 0 Å². The van der Waals surface area contributed by atoms with Crippen LogP contribution in [0.25, 0.3) is 0 Å². The Kier molecular flexibility index (Phi) is 6.87. The number of ether oxygens (including phenoxy) is 2. The molecular weight excluding hydrogens is 312 g/mol. The summed E-state index contributed by atoms with van der Waals surface area (Å²) < 4.78 is 9.90. The average Bonchev–Trinajstić information content (AvgIpc) is 2.52. The third-order valence-electron chi connectivity index (χ3n) is 2.78. The van der Waals surface area contributed by atoms with Crippen LogP contribution >= 0.6 is 0 Å². The maximum atomic E-state index is 10.9. The fourth-order valence-electron chi connectivity index (χ4n) is 1.56. The largest absolute Gasteiger partial charge is 0.487 e. The first-order valence-electron chi connectivity index (χ1n) is 6.74. The van der Waals surface area contributed by atoms with E-state index in [-0.39, 0.29) is 31.8 Å². The van der Waals surface area contributed by atoms with Gasteiger partial charge in [0, 0.05) is 18.9 Å². The van der Waals surface area contributed by atoms with Gasteiger partial charge in [0.15, 0.2) is 5.75 Å². The summed E-state index contributed by atoms with van der Waals surface area (Å²) in [6.45, 7) is 1.34. The minimum atomic E-state index is -0.970. The number of carbonyl (C=O) groups is 1. The SMILES string of the molecule is CCC(=O)OCC(O)CCOc1ccc([N+](=O)[O-])cc1[N+](=O)[O-]. The summed E-state index contributed by atoms with van der Waals surface area (Å²) in [5.41, 5.74) is -0.957. The normalized spacial score (nSPS) is 11.6. The Hall–Kier alpha value is -2.75. The maximum Gasteiger partial charge on any atom is 0.317 e.